The van der Waals surface area contributed by atoms with Crippen molar-refractivity contribution in [3.05, 3.63) is 23.0 Å². The summed E-state index contributed by atoms with van der Waals surface area (Å²) in [5.74, 6) is 2.08. The molecule has 5 aliphatic rings. The molecular formula is C23H38N3O2+. The maximum atomic E-state index is 10.4. The first-order chi connectivity index (χ1) is 13.5. The average Bonchev–Trinajstić information content (AvgIpc) is 3.00. The lowest BCUT2D eigenvalue weighted by atomic mass is 9.55. The molecule has 156 valence electrons. The number of hydrogen-bond donors (Lipinski definition) is 2. The Morgan fingerprint density at radius 3 is 2.89 bits per heavy atom. The van der Waals surface area contributed by atoms with Gasteiger partial charge in [-0.1, -0.05) is 32.8 Å². The van der Waals surface area contributed by atoms with Crippen LogP contribution in [0.25, 0.3) is 0 Å². The van der Waals surface area contributed by atoms with Gasteiger partial charge in [-0.15, -0.1) is 0 Å². The second-order valence-electron chi connectivity index (χ2n) is 9.43. The van der Waals surface area contributed by atoms with Crippen molar-refractivity contribution in [1.82, 2.24) is 15.8 Å². The molecule has 3 N–H and O–H groups in total. The lowest BCUT2D eigenvalue weighted by molar-refractivity contribution is -0.125. The second kappa shape index (κ2) is 7.83. The van der Waals surface area contributed by atoms with Gasteiger partial charge >= 0.3 is 5.97 Å². The van der Waals surface area contributed by atoms with E-state index in [9.17, 15) is 4.79 Å². The van der Waals surface area contributed by atoms with Crippen LogP contribution in [0, 0.1) is 23.2 Å². The SMILES string of the molecule is C/C=C1/NC2=C(CNN3C[C@H]4CC(CC)C3C(CC(=[OH+])OC)(C2)C4)C1CCC. The van der Waals surface area contributed by atoms with Gasteiger partial charge in [-0.25, -0.2) is 5.01 Å². The molecule has 0 aromatic carbocycles. The fourth-order valence-corrected chi connectivity index (χ4v) is 6.85. The van der Waals surface area contributed by atoms with Gasteiger partial charge in [0.25, 0.3) is 0 Å². The molecule has 0 radical (unpaired) electrons. The highest BCUT2D eigenvalue weighted by Crippen LogP contribution is 2.56. The first kappa shape index (κ1) is 20.0. The molecule has 3 fully saturated rings. The Labute approximate surface area is 169 Å². The molecule has 1 aliphatic carbocycles. The highest BCUT2D eigenvalue weighted by molar-refractivity contribution is 5.71. The number of esters is 1. The van der Waals surface area contributed by atoms with E-state index in [0.717, 1.165) is 19.5 Å². The van der Waals surface area contributed by atoms with E-state index < -0.39 is 0 Å². The molecule has 5 heteroatoms. The minimum atomic E-state index is 0.0307. The average molecular weight is 389 g/mol. The smallest absolute Gasteiger partial charge is 0.362 e. The maximum absolute atomic E-state index is 10.4. The highest BCUT2D eigenvalue weighted by Gasteiger charge is 2.58. The highest BCUT2D eigenvalue weighted by atomic mass is 16.5. The third-order valence-electron chi connectivity index (χ3n) is 7.83. The number of methoxy groups -OCH3 is 1. The van der Waals surface area contributed by atoms with Gasteiger partial charge in [0.2, 0.25) is 0 Å². The number of nitrogens with zero attached hydrogens (tertiary/aromatic N) is 1. The summed E-state index contributed by atoms with van der Waals surface area (Å²) in [6.45, 7) is 8.84. The predicted molar refractivity (Wildman–Crippen MR) is 113 cm³/mol. The summed E-state index contributed by atoms with van der Waals surface area (Å²) < 4.78 is 5.29. The standard InChI is InChI=1S/C23H37N3O2/c1-5-8-17-18-13-24-26-14-15-9-16(6-2)22(26)23(10-15,12-21(27)28-4)11-20(18)25-19(17)7-3/h7,15-17,22,24-25H,5-6,8-14H2,1-4H3/p+1/b19-7+/t15-,16?,17?,22?,23?/m0/s1. The number of allylic oxidation sites excluding steroid dienone is 3. The van der Waals surface area contributed by atoms with Crippen molar-refractivity contribution in [2.24, 2.45) is 23.2 Å². The first-order valence-corrected chi connectivity index (χ1v) is 11.3. The normalized spacial score (nSPS) is 40.7. The van der Waals surface area contributed by atoms with Crippen LogP contribution in [0.5, 0.6) is 0 Å². The molecule has 0 spiro atoms. The Morgan fingerprint density at radius 1 is 1.39 bits per heavy atom. The zero-order valence-corrected chi connectivity index (χ0v) is 18.1. The van der Waals surface area contributed by atoms with Crippen molar-refractivity contribution in [3.63, 3.8) is 0 Å². The molecule has 5 unspecified atom stereocenters. The van der Waals surface area contributed by atoms with Crippen LogP contribution in [-0.4, -0.2) is 42.0 Å². The molecule has 0 aromatic rings. The summed E-state index contributed by atoms with van der Waals surface area (Å²) in [6, 6.07) is 0.454. The van der Waals surface area contributed by atoms with Crippen molar-refractivity contribution in [3.8, 4) is 0 Å². The monoisotopic (exact) mass is 388 g/mol. The van der Waals surface area contributed by atoms with Gasteiger partial charge in [0.05, 0.1) is 0 Å². The van der Waals surface area contributed by atoms with Gasteiger partial charge in [0.1, 0.15) is 6.42 Å². The van der Waals surface area contributed by atoms with Crippen LogP contribution < -0.4 is 10.7 Å². The molecule has 5 rings (SSSR count). The maximum Gasteiger partial charge on any atom is 0.482 e. The molecule has 28 heavy (non-hydrogen) atoms. The molecule has 4 bridgehead atoms. The van der Waals surface area contributed by atoms with Gasteiger partial charge in [0.15, 0.2) is 7.11 Å². The van der Waals surface area contributed by atoms with Crippen LogP contribution in [0.4, 0.5) is 0 Å². The topological polar surface area (TPSA) is 57.9 Å². The number of hydrogen-bond acceptors (Lipinski definition) is 4. The van der Waals surface area contributed by atoms with Crippen LogP contribution in [0.2, 0.25) is 0 Å². The third kappa shape index (κ3) is 3.21. The Balaban J connectivity index is 1.75. The summed E-state index contributed by atoms with van der Waals surface area (Å²) in [5.41, 5.74) is 8.19. The number of nitrogens with one attached hydrogen (secondary N) is 2. The molecule has 6 atom stereocenters. The number of fused-ring (bicyclic) bond motifs is 1. The van der Waals surface area contributed by atoms with Gasteiger partial charge in [0, 0.05) is 41.9 Å². The van der Waals surface area contributed by atoms with Crippen molar-refractivity contribution in [2.75, 3.05) is 20.2 Å². The van der Waals surface area contributed by atoms with Crippen molar-refractivity contribution in [1.29, 1.82) is 0 Å². The van der Waals surface area contributed by atoms with Gasteiger partial charge in [-0.2, -0.15) is 0 Å². The predicted octanol–water partition coefficient (Wildman–Crippen LogP) is 3.72. The minimum Gasteiger partial charge on any atom is -0.362 e. The fourth-order valence-electron chi connectivity index (χ4n) is 6.85. The van der Waals surface area contributed by atoms with E-state index in [2.05, 4.69) is 42.6 Å². The van der Waals surface area contributed by atoms with Gasteiger partial charge < -0.3 is 14.8 Å². The van der Waals surface area contributed by atoms with Crippen LogP contribution in [0.1, 0.15) is 65.7 Å². The molecule has 4 heterocycles. The second-order valence-corrected chi connectivity index (χ2v) is 9.43. The Morgan fingerprint density at radius 2 is 2.21 bits per heavy atom. The van der Waals surface area contributed by atoms with Gasteiger partial charge in [-0.3, -0.25) is 5.43 Å². The lowest BCUT2D eigenvalue weighted by Gasteiger charge is -2.60. The molecule has 2 saturated heterocycles. The van der Waals surface area contributed by atoms with Crippen LogP contribution in [0.15, 0.2) is 23.0 Å². The molecule has 5 nitrogen and oxygen atoms in total. The fraction of sp³-hybridized carbons (Fsp3) is 0.783. The molecule has 1 saturated carbocycles. The zero-order valence-electron chi connectivity index (χ0n) is 18.1. The van der Waals surface area contributed by atoms with Crippen LogP contribution >= 0.6 is 0 Å². The van der Waals surface area contributed by atoms with Gasteiger partial charge in [-0.05, 0) is 50.0 Å². The van der Waals surface area contributed by atoms with Crippen molar-refractivity contribution in [2.45, 2.75) is 71.8 Å². The third-order valence-corrected chi connectivity index (χ3v) is 7.83. The van der Waals surface area contributed by atoms with Crippen molar-refractivity contribution < 1.29 is 9.53 Å². The first-order valence-electron chi connectivity index (χ1n) is 11.3. The van der Waals surface area contributed by atoms with Crippen LogP contribution in [-0.2, 0) is 4.74 Å². The van der Waals surface area contributed by atoms with Crippen LogP contribution in [0.3, 0.4) is 0 Å². The number of hydrazine groups is 1. The van der Waals surface area contributed by atoms with E-state index in [1.54, 1.807) is 7.11 Å². The molecule has 0 aromatic heterocycles. The summed E-state index contributed by atoms with van der Waals surface area (Å²) in [6.07, 6.45) is 10.0. The number of ether oxygens (including phenoxy) is 1. The molecule has 0 amide bonds. The largest absolute Gasteiger partial charge is 0.482 e. The van der Waals surface area contributed by atoms with Crippen molar-refractivity contribution >= 4 is 5.97 Å². The summed E-state index contributed by atoms with van der Waals surface area (Å²) in [4.78, 5) is 10.4. The van der Waals surface area contributed by atoms with E-state index in [1.165, 1.54) is 49.1 Å². The quantitative estimate of drug-likeness (QED) is 0.557. The number of rotatable bonds is 5. The summed E-state index contributed by atoms with van der Waals surface area (Å²) in [5, 5.41) is 6.36. The Bertz CT molecular complexity index is 685. The van der Waals surface area contributed by atoms with E-state index in [4.69, 9.17) is 4.74 Å². The van der Waals surface area contributed by atoms with E-state index in [1.807, 2.05) is 0 Å². The lowest BCUT2D eigenvalue weighted by Crippen LogP contribution is -2.67. The Hall–Kier alpha value is -1.33. The molecular weight excluding hydrogens is 350 g/mol. The zero-order chi connectivity index (χ0) is 19.9. The summed E-state index contributed by atoms with van der Waals surface area (Å²) >= 11 is 0. The Kier molecular flexibility index (Phi) is 5.58. The minimum absolute atomic E-state index is 0.0307. The number of piperidine rings is 2. The van der Waals surface area contributed by atoms with E-state index in [-0.39, 0.29) is 11.4 Å². The number of carbonyl (C=O) groups excluding carboxylic acids is 1. The van der Waals surface area contributed by atoms with E-state index in [0.29, 0.717) is 30.2 Å². The summed E-state index contributed by atoms with van der Waals surface area (Å²) in [7, 11) is 1.59. The molecule has 4 aliphatic heterocycles. The van der Waals surface area contributed by atoms with E-state index >= 15 is 0 Å².